The molecule has 0 radical (unpaired) electrons. The van der Waals surface area contributed by atoms with Gasteiger partial charge < -0.3 is 5.73 Å². The standard InChI is InChI=1S/C6H6BrClN2/c7-6-4(1-8)2-10-3-5(6)9/h2-3H,1,9H2. The number of nitrogen functional groups attached to an aromatic ring is 1. The van der Waals surface area contributed by atoms with Gasteiger partial charge in [0.2, 0.25) is 0 Å². The van der Waals surface area contributed by atoms with Crippen molar-refractivity contribution in [3.05, 3.63) is 22.4 Å². The second-order valence-electron chi connectivity index (χ2n) is 1.84. The van der Waals surface area contributed by atoms with Gasteiger partial charge in [-0.1, -0.05) is 0 Å². The number of hydrogen-bond acceptors (Lipinski definition) is 2. The maximum atomic E-state index is 5.58. The number of pyridine rings is 1. The van der Waals surface area contributed by atoms with Gasteiger partial charge in [0.05, 0.1) is 17.8 Å². The molecule has 0 unspecified atom stereocenters. The number of nitrogens with two attached hydrogens (primary N) is 1. The zero-order valence-electron chi connectivity index (χ0n) is 5.14. The van der Waals surface area contributed by atoms with Gasteiger partial charge in [0.1, 0.15) is 0 Å². The first-order chi connectivity index (χ1) is 4.75. The molecule has 2 nitrogen and oxygen atoms in total. The number of halogens is 2. The van der Waals surface area contributed by atoms with Crippen molar-refractivity contribution in [2.24, 2.45) is 0 Å². The highest BCUT2D eigenvalue weighted by Gasteiger charge is 2.00. The molecule has 1 aromatic rings. The smallest absolute Gasteiger partial charge is 0.0648 e. The van der Waals surface area contributed by atoms with Crippen molar-refractivity contribution in [2.45, 2.75) is 5.88 Å². The Morgan fingerprint density at radius 3 is 2.80 bits per heavy atom. The van der Waals surface area contributed by atoms with Gasteiger partial charge in [0, 0.05) is 16.2 Å². The van der Waals surface area contributed by atoms with Crippen molar-refractivity contribution < 1.29 is 0 Å². The van der Waals surface area contributed by atoms with Crippen LogP contribution in [0.1, 0.15) is 5.56 Å². The third kappa shape index (κ3) is 1.41. The molecule has 1 rings (SSSR count). The molecular weight excluding hydrogens is 215 g/mol. The second kappa shape index (κ2) is 3.21. The van der Waals surface area contributed by atoms with Crippen LogP contribution in [0.3, 0.4) is 0 Å². The van der Waals surface area contributed by atoms with Crippen LogP contribution < -0.4 is 5.73 Å². The number of nitrogens with zero attached hydrogens (tertiary/aromatic N) is 1. The van der Waals surface area contributed by atoms with E-state index in [1.165, 1.54) is 0 Å². The Hall–Kier alpha value is -0.280. The molecule has 0 aliphatic rings. The molecule has 0 bridgehead atoms. The van der Waals surface area contributed by atoms with E-state index in [1.54, 1.807) is 12.4 Å². The zero-order chi connectivity index (χ0) is 7.56. The molecular formula is C6H6BrClN2. The number of hydrogen-bond donors (Lipinski definition) is 1. The molecule has 1 heterocycles. The van der Waals surface area contributed by atoms with E-state index in [1.807, 2.05) is 0 Å². The lowest BCUT2D eigenvalue weighted by molar-refractivity contribution is 1.23. The van der Waals surface area contributed by atoms with E-state index in [2.05, 4.69) is 20.9 Å². The summed E-state index contributed by atoms with van der Waals surface area (Å²) in [5.41, 5.74) is 7.07. The van der Waals surface area contributed by atoms with E-state index in [9.17, 15) is 0 Å². The number of aromatic nitrogens is 1. The summed E-state index contributed by atoms with van der Waals surface area (Å²) >= 11 is 8.87. The highest BCUT2D eigenvalue weighted by molar-refractivity contribution is 9.10. The van der Waals surface area contributed by atoms with Gasteiger partial charge in [-0.2, -0.15) is 0 Å². The summed E-state index contributed by atoms with van der Waals surface area (Å²) in [4.78, 5) is 3.88. The highest BCUT2D eigenvalue weighted by Crippen LogP contribution is 2.23. The average molecular weight is 221 g/mol. The van der Waals surface area contributed by atoms with Gasteiger partial charge >= 0.3 is 0 Å². The van der Waals surface area contributed by atoms with Crippen LogP contribution in [0.5, 0.6) is 0 Å². The van der Waals surface area contributed by atoms with E-state index < -0.39 is 0 Å². The minimum Gasteiger partial charge on any atom is -0.397 e. The normalized spacial score (nSPS) is 9.80. The summed E-state index contributed by atoms with van der Waals surface area (Å²) in [7, 11) is 0. The van der Waals surface area contributed by atoms with Crippen LogP contribution in [0.4, 0.5) is 5.69 Å². The fourth-order valence-electron chi connectivity index (χ4n) is 0.599. The molecule has 0 aromatic carbocycles. The third-order valence-electron chi connectivity index (χ3n) is 1.12. The Kier molecular flexibility index (Phi) is 2.51. The topological polar surface area (TPSA) is 38.9 Å². The van der Waals surface area contributed by atoms with E-state index in [0.717, 1.165) is 10.0 Å². The Morgan fingerprint density at radius 1 is 1.60 bits per heavy atom. The summed E-state index contributed by atoms with van der Waals surface area (Å²) < 4.78 is 0.845. The summed E-state index contributed by atoms with van der Waals surface area (Å²) in [5.74, 6) is 0.429. The van der Waals surface area contributed by atoms with Crippen LogP contribution in [0.25, 0.3) is 0 Å². The second-order valence-corrected chi connectivity index (χ2v) is 2.90. The quantitative estimate of drug-likeness (QED) is 0.738. The van der Waals surface area contributed by atoms with Gasteiger partial charge in [0.25, 0.3) is 0 Å². The summed E-state index contributed by atoms with van der Waals surface area (Å²) in [6.07, 6.45) is 3.27. The predicted octanol–water partition coefficient (Wildman–Crippen LogP) is 2.17. The lowest BCUT2D eigenvalue weighted by Gasteiger charge is -2.00. The van der Waals surface area contributed by atoms with Crippen molar-refractivity contribution in [3.8, 4) is 0 Å². The van der Waals surface area contributed by atoms with E-state index >= 15 is 0 Å². The van der Waals surface area contributed by atoms with Crippen LogP contribution in [0.15, 0.2) is 16.9 Å². The Morgan fingerprint density at radius 2 is 2.30 bits per heavy atom. The molecule has 1 aromatic heterocycles. The fourth-order valence-corrected chi connectivity index (χ4v) is 1.31. The molecule has 54 valence electrons. The van der Waals surface area contributed by atoms with Crippen LogP contribution in [0, 0.1) is 0 Å². The van der Waals surface area contributed by atoms with Gasteiger partial charge in [-0.05, 0) is 15.9 Å². The molecule has 0 aliphatic heterocycles. The molecule has 0 spiro atoms. The molecule has 0 atom stereocenters. The van der Waals surface area contributed by atoms with E-state index in [4.69, 9.17) is 17.3 Å². The Bertz CT molecular complexity index is 239. The van der Waals surface area contributed by atoms with Crippen molar-refractivity contribution in [1.82, 2.24) is 4.98 Å². The monoisotopic (exact) mass is 220 g/mol. The van der Waals surface area contributed by atoms with Gasteiger partial charge in [-0.25, -0.2) is 0 Å². The van der Waals surface area contributed by atoms with Crippen molar-refractivity contribution in [3.63, 3.8) is 0 Å². The van der Waals surface area contributed by atoms with Crippen LogP contribution in [-0.4, -0.2) is 4.98 Å². The summed E-state index contributed by atoms with van der Waals surface area (Å²) in [6.45, 7) is 0. The molecule has 0 saturated heterocycles. The number of anilines is 1. The minimum absolute atomic E-state index is 0.429. The average Bonchev–Trinajstić information content (AvgIpc) is 1.95. The van der Waals surface area contributed by atoms with Gasteiger partial charge in [-0.15, -0.1) is 11.6 Å². The first-order valence-corrected chi connectivity index (χ1v) is 4.02. The van der Waals surface area contributed by atoms with Crippen LogP contribution >= 0.6 is 27.5 Å². The zero-order valence-corrected chi connectivity index (χ0v) is 7.48. The number of rotatable bonds is 1. The highest BCUT2D eigenvalue weighted by atomic mass is 79.9. The van der Waals surface area contributed by atoms with Gasteiger partial charge in [0.15, 0.2) is 0 Å². The van der Waals surface area contributed by atoms with E-state index in [0.29, 0.717) is 11.6 Å². The predicted molar refractivity (Wildman–Crippen MR) is 45.9 cm³/mol. The molecule has 0 saturated carbocycles. The first kappa shape index (κ1) is 7.82. The fraction of sp³-hybridized carbons (Fsp3) is 0.167. The first-order valence-electron chi connectivity index (χ1n) is 2.69. The maximum Gasteiger partial charge on any atom is 0.0648 e. The molecule has 4 heteroatoms. The van der Waals surface area contributed by atoms with Gasteiger partial charge in [-0.3, -0.25) is 4.98 Å². The lowest BCUT2D eigenvalue weighted by atomic mass is 10.3. The minimum atomic E-state index is 0.429. The largest absolute Gasteiger partial charge is 0.397 e. The number of alkyl halides is 1. The van der Waals surface area contributed by atoms with Crippen LogP contribution in [0.2, 0.25) is 0 Å². The summed E-state index contributed by atoms with van der Waals surface area (Å²) in [5, 5.41) is 0. The third-order valence-corrected chi connectivity index (χ3v) is 2.38. The van der Waals surface area contributed by atoms with Crippen LogP contribution in [-0.2, 0) is 5.88 Å². The van der Waals surface area contributed by atoms with E-state index in [-0.39, 0.29) is 0 Å². The summed E-state index contributed by atoms with van der Waals surface area (Å²) in [6, 6.07) is 0. The van der Waals surface area contributed by atoms with Crippen molar-refractivity contribution in [1.29, 1.82) is 0 Å². The van der Waals surface area contributed by atoms with Crippen molar-refractivity contribution in [2.75, 3.05) is 5.73 Å². The molecule has 0 aliphatic carbocycles. The molecule has 0 amide bonds. The SMILES string of the molecule is Nc1cncc(CCl)c1Br. The van der Waals surface area contributed by atoms with Crippen molar-refractivity contribution >= 4 is 33.2 Å². The Labute approximate surface area is 72.5 Å². The molecule has 10 heavy (non-hydrogen) atoms. The lowest BCUT2D eigenvalue weighted by Crippen LogP contribution is -1.91. The Balaban J connectivity index is 3.14. The molecule has 2 N–H and O–H groups in total. The maximum absolute atomic E-state index is 5.58. The molecule has 0 fully saturated rings.